The molecule has 1 aliphatic carbocycles. The molecule has 1 heterocycles. The van der Waals surface area contributed by atoms with Crippen molar-refractivity contribution >= 4 is 5.91 Å². The predicted octanol–water partition coefficient (Wildman–Crippen LogP) is 3.80. The molecule has 6 nitrogen and oxygen atoms in total. The summed E-state index contributed by atoms with van der Waals surface area (Å²) in [5.41, 5.74) is 1.21. The monoisotopic (exact) mass is 344 g/mol. The number of carbonyl (C=O) groups is 1. The van der Waals surface area contributed by atoms with Gasteiger partial charge in [0.15, 0.2) is 17.2 Å². The van der Waals surface area contributed by atoms with Gasteiger partial charge in [0.25, 0.3) is 5.91 Å². The molecule has 1 aliphatic rings. The van der Waals surface area contributed by atoms with Gasteiger partial charge >= 0.3 is 0 Å². The van der Waals surface area contributed by atoms with Crippen LogP contribution in [-0.2, 0) is 0 Å². The van der Waals surface area contributed by atoms with Crippen LogP contribution in [0.15, 0.2) is 28.8 Å². The molecule has 2 aromatic rings. The van der Waals surface area contributed by atoms with E-state index < -0.39 is 0 Å². The number of nitrogens with one attached hydrogen (secondary N) is 1. The Hall–Kier alpha value is -2.50. The van der Waals surface area contributed by atoms with Crippen LogP contribution in [-0.4, -0.2) is 24.3 Å². The predicted molar refractivity (Wildman–Crippen MR) is 93.0 cm³/mol. The normalized spacial score (nSPS) is 15.8. The van der Waals surface area contributed by atoms with Gasteiger partial charge < -0.3 is 19.3 Å². The minimum absolute atomic E-state index is 0.195. The summed E-state index contributed by atoms with van der Waals surface area (Å²) in [7, 11) is 1.63. The van der Waals surface area contributed by atoms with Gasteiger partial charge in [-0.1, -0.05) is 11.2 Å². The standard InChI is InChI=1S/C19H24N2O4/c1-12-10-16(21-25-12)19(22)20-13(2)14-8-9-17(18(11-14)23-3)24-15-6-4-5-7-15/h8-11,13,15H,4-7H2,1-3H3,(H,20,22). The van der Waals surface area contributed by atoms with Crippen molar-refractivity contribution in [2.45, 2.75) is 51.7 Å². The van der Waals surface area contributed by atoms with Crippen molar-refractivity contribution in [3.8, 4) is 11.5 Å². The highest BCUT2D eigenvalue weighted by Crippen LogP contribution is 2.33. The molecule has 0 saturated heterocycles. The van der Waals surface area contributed by atoms with Crippen LogP contribution in [0.3, 0.4) is 0 Å². The molecule has 1 fully saturated rings. The topological polar surface area (TPSA) is 73.6 Å². The van der Waals surface area contributed by atoms with E-state index in [1.165, 1.54) is 12.8 Å². The minimum Gasteiger partial charge on any atom is -0.493 e. The van der Waals surface area contributed by atoms with E-state index in [2.05, 4.69) is 10.5 Å². The third-order valence-corrected chi connectivity index (χ3v) is 4.49. The molecule has 1 N–H and O–H groups in total. The smallest absolute Gasteiger partial charge is 0.273 e. The Bertz CT molecular complexity index is 735. The second kappa shape index (κ2) is 7.59. The van der Waals surface area contributed by atoms with E-state index in [0.717, 1.165) is 24.2 Å². The third kappa shape index (κ3) is 4.13. The maximum atomic E-state index is 12.2. The first-order valence-electron chi connectivity index (χ1n) is 8.65. The molecule has 0 bridgehead atoms. The Morgan fingerprint density at radius 1 is 1.28 bits per heavy atom. The SMILES string of the molecule is COc1cc(C(C)NC(=O)c2cc(C)on2)ccc1OC1CCCC1. The summed E-state index contributed by atoms with van der Waals surface area (Å²) in [6.45, 7) is 3.66. The van der Waals surface area contributed by atoms with Crippen molar-refractivity contribution < 1.29 is 18.8 Å². The Morgan fingerprint density at radius 3 is 2.68 bits per heavy atom. The van der Waals surface area contributed by atoms with E-state index >= 15 is 0 Å². The van der Waals surface area contributed by atoms with Crippen LogP contribution < -0.4 is 14.8 Å². The molecule has 0 aliphatic heterocycles. The lowest BCUT2D eigenvalue weighted by atomic mass is 10.1. The summed E-state index contributed by atoms with van der Waals surface area (Å²) in [6, 6.07) is 7.19. The van der Waals surface area contributed by atoms with Gasteiger partial charge in [-0.2, -0.15) is 0 Å². The van der Waals surface area contributed by atoms with E-state index in [1.54, 1.807) is 20.1 Å². The number of carbonyl (C=O) groups excluding carboxylic acids is 1. The summed E-state index contributed by atoms with van der Waals surface area (Å²) < 4.78 is 16.5. The van der Waals surface area contributed by atoms with Gasteiger partial charge in [-0.25, -0.2) is 0 Å². The van der Waals surface area contributed by atoms with Crippen molar-refractivity contribution in [3.63, 3.8) is 0 Å². The molecular weight excluding hydrogens is 320 g/mol. The van der Waals surface area contributed by atoms with E-state index in [1.807, 2.05) is 25.1 Å². The number of amides is 1. The number of nitrogens with zero attached hydrogens (tertiary/aromatic N) is 1. The van der Waals surface area contributed by atoms with E-state index in [-0.39, 0.29) is 23.7 Å². The molecule has 6 heteroatoms. The highest BCUT2D eigenvalue weighted by molar-refractivity contribution is 5.92. The number of aryl methyl sites for hydroxylation is 1. The van der Waals surface area contributed by atoms with Gasteiger partial charge in [-0.15, -0.1) is 0 Å². The molecule has 1 saturated carbocycles. The van der Waals surface area contributed by atoms with Crippen LogP contribution in [0.25, 0.3) is 0 Å². The van der Waals surface area contributed by atoms with Crippen molar-refractivity contribution in [1.29, 1.82) is 0 Å². The highest BCUT2D eigenvalue weighted by atomic mass is 16.5. The quantitative estimate of drug-likeness (QED) is 0.863. The van der Waals surface area contributed by atoms with Crippen LogP contribution in [0.1, 0.15) is 60.5 Å². The fraction of sp³-hybridized carbons (Fsp3) is 0.474. The van der Waals surface area contributed by atoms with E-state index in [9.17, 15) is 4.79 Å². The van der Waals surface area contributed by atoms with Crippen molar-refractivity contribution in [1.82, 2.24) is 10.5 Å². The average Bonchev–Trinajstić information content (AvgIpc) is 3.26. The minimum atomic E-state index is -0.269. The lowest BCUT2D eigenvalue weighted by Crippen LogP contribution is -2.26. The number of methoxy groups -OCH3 is 1. The van der Waals surface area contributed by atoms with Crippen LogP contribution in [0.2, 0.25) is 0 Å². The zero-order valence-electron chi connectivity index (χ0n) is 14.9. The van der Waals surface area contributed by atoms with Crippen molar-refractivity contribution in [2.24, 2.45) is 0 Å². The Kier molecular flexibility index (Phi) is 5.26. The molecular formula is C19H24N2O4. The molecule has 3 rings (SSSR count). The van der Waals surface area contributed by atoms with Gasteiger partial charge in [0.1, 0.15) is 5.76 Å². The Balaban J connectivity index is 1.69. The van der Waals surface area contributed by atoms with Crippen LogP contribution in [0.4, 0.5) is 0 Å². The fourth-order valence-corrected chi connectivity index (χ4v) is 3.06. The lowest BCUT2D eigenvalue weighted by Gasteiger charge is -2.19. The number of aromatic nitrogens is 1. The first kappa shape index (κ1) is 17.3. The number of benzene rings is 1. The second-order valence-electron chi connectivity index (χ2n) is 6.45. The molecule has 0 spiro atoms. The van der Waals surface area contributed by atoms with Crippen molar-refractivity contribution in [3.05, 3.63) is 41.3 Å². The molecule has 1 aromatic carbocycles. The van der Waals surface area contributed by atoms with Gasteiger partial charge in [0.05, 0.1) is 19.3 Å². The number of rotatable bonds is 6. The van der Waals surface area contributed by atoms with E-state index in [0.29, 0.717) is 11.5 Å². The van der Waals surface area contributed by atoms with E-state index in [4.69, 9.17) is 14.0 Å². The second-order valence-corrected chi connectivity index (χ2v) is 6.45. The van der Waals surface area contributed by atoms with Crippen molar-refractivity contribution in [2.75, 3.05) is 7.11 Å². The summed E-state index contributed by atoms with van der Waals surface area (Å²) in [5, 5.41) is 6.65. The Morgan fingerprint density at radius 2 is 2.04 bits per heavy atom. The number of hydrogen-bond donors (Lipinski definition) is 1. The average molecular weight is 344 g/mol. The molecule has 1 aromatic heterocycles. The molecule has 0 radical (unpaired) electrons. The van der Waals surface area contributed by atoms with Gasteiger partial charge in [0.2, 0.25) is 0 Å². The van der Waals surface area contributed by atoms with Gasteiger partial charge in [0, 0.05) is 6.07 Å². The maximum absolute atomic E-state index is 12.2. The first-order chi connectivity index (χ1) is 12.1. The summed E-state index contributed by atoms with van der Waals surface area (Å²) in [6.07, 6.45) is 4.89. The van der Waals surface area contributed by atoms with Gasteiger partial charge in [-0.05, 0) is 57.2 Å². The van der Waals surface area contributed by atoms with Crippen LogP contribution in [0.5, 0.6) is 11.5 Å². The van der Waals surface area contributed by atoms with Crippen LogP contribution in [0, 0.1) is 6.92 Å². The Labute approximate surface area is 147 Å². The summed E-state index contributed by atoms with van der Waals surface area (Å²) in [5.74, 6) is 1.77. The highest BCUT2D eigenvalue weighted by Gasteiger charge is 2.20. The lowest BCUT2D eigenvalue weighted by molar-refractivity contribution is 0.0930. The molecule has 25 heavy (non-hydrogen) atoms. The zero-order valence-corrected chi connectivity index (χ0v) is 14.9. The molecule has 1 unspecified atom stereocenters. The molecule has 1 amide bonds. The largest absolute Gasteiger partial charge is 0.493 e. The fourth-order valence-electron chi connectivity index (χ4n) is 3.06. The maximum Gasteiger partial charge on any atom is 0.273 e. The number of ether oxygens (including phenoxy) is 2. The summed E-state index contributed by atoms with van der Waals surface area (Å²) in [4.78, 5) is 12.2. The summed E-state index contributed by atoms with van der Waals surface area (Å²) >= 11 is 0. The molecule has 134 valence electrons. The number of hydrogen-bond acceptors (Lipinski definition) is 5. The van der Waals surface area contributed by atoms with Gasteiger partial charge in [-0.3, -0.25) is 4.79 Å². The zero-order chi connectivity index (χ0) is 17.8. The first-order valence-corrected chi connectivity index (χ1v) is 8.65. The third-order valence-electron chi connectivity index (χ3n) is 4.49. The molecule has 1 atom stereocenters. The van der Waals surface area contributed by atoms with Crippen LogP contribution >= 0.6 is 0 Å².